The zero-order valence-corrected chi connectivity index (χ0v) is 20.4. The molecule has 176 valence electrons. The third kappa shape index (κ3) is 4.43. The smallest absolute Gasteiger partial charge is 0.119 e. The molecular weight excluding hydrogens is 420 g/mol. The van der Waals surface area contributed by atoms with Crippen molar-refractivity contribution in [3.8, 4) is 11.5 Å². The zero-order chi connectivity index (χ0) is 23.7. The minimum Gasteiger partial charge on any atom is -0.508 e. The third-order valence-electron chi connectivity index (χ3n) is 7.31. The van der Waals surface area contributed by atoms with Crippen LogP contribution in [0.25, 0.3) is 11.1 Å². The summed E-state index contributed by atoms with van der Waals surface area (Å²) in [5, 5.41) is 9.82. The molecule has 4 heteroatoms. The van der Waals surface area contributed by atoms with E-state index in [2.05, 4.69) is 66.1 Å². The lowest BCUT2D eigenvalue weighted by Gasteiger charge is -2.38. The summed E-state index contributed by atoms with van der Waals surface area (Å²) in [4.78, 5) is 5.05. The second-order valence-corrected chi connectivity index (χ2v) is 9.59. The lowest BCUT2D eigenvalue weighted by atomic mass is 9.79. The molecule has 0 bridgehead atoms. The molecule has 4 nitrogen and oxygen atoms in total. The van der Waals surface area contributed by atoms with Crippen molar-refractivity contribution in [2.45, 2.75) is 32.7 Å². The monoisotopic (exact) mass is 454 g/mol. The van der Waals surface area contributed by atoms with Gasteiger partial charge >= 0.3 is 0 Å². The summed E-state index contributed by atoms with van der Waals surface area (Å²) in [5.74, 6) is 1.20. The van der Waals surface area contributed by atoms with Crippen LogP contribution in [0.15, 0.2) is 66.7 Å². The van der Waals surface area contributed by atoms with Crippen LogP contribution < -0.4 is 9.64 Å². The Kier molecular flexibility index (Phi) is 6.34. The Morgan fingerprint density at radius 2 is 1.47 bits per heavy atom. The number of benzene rings is 3. The lowest BCUT2D eigenvalue weighted by molar-refractivity contribution is 0.209. The highest BCUT2D eigenvalue weighted by molar-refractivity contribution is 6.01. The summed E-state index contributed by atoms with van der Waals surface area (Å²) in [6.07, 6.45) is 1.93. The van der Waals surface area contributed by atoms with E-state index in [0.29, 0.717) is 11.8 Å². The molecule has 3 aromatic rings. The SMILES string of the molecule is COc1ccc2c(c1)CCC(c1ccc(O)cc1)=C2c1ccc(N2CCN(C(C)C)CC2)cc1. The van der Waals surface area contributed by atoms with E-state index in [0.717, 1.165) is 44.8 Å². The van der Waals surface area contributed by atoms with Gasteiger partial charge in [0, 0.05) is 37.9 Å². The Balaban J connectivity index is 1.51. The van der Waals surface area contributed by atoms with Gasteiger partial charge in [0.2, 0.25) is 0 Å². The van der Waals surface area contributed by atoms with E-state index < -0.39 is 0 Å². The predicted molar refractivity (Wildman–Crippen MR) is 141 cm³/mol. The van der Waals surface area contributed by atoms with E-state index in [1.54, 1.807) is 19.2 Å². The average Bonchev–Trinajstić information content (AvgIpc) is 2.88. The number of hydrogen-bond donors (Lipinski definition) is 1. The minimum atomic E-state index is 0.300. The van der Waals surface area contributed by atoms with Crippen molar-refractivity contribution in [2.24, 2.45) is 0 Å². The van der Waals surface area contributed by atoms with Gasteiger partial charge in [0.1, 0.15) is 11.5 Å². The largest absolute Gasteiger partial charge is 0.508 e. The van der Waals surface area contributed by atoms with Crippen LogP contribution in [0, 0.1) is 0 Å². The molecule has 1 fully saturated rings. The zero-order valence-electron chi connectivity index (χ0n) is 20.4. The molecule has 5 rings (SSSR count). The number of phenols is 1. The highest BCUT2D eigenvalue weighted by Crippen LogP contribution is 2.42. The lowest BCUT2D eigenvalue weighted by Crippen LogP contribution is -2.48. The molecular formula is C30H34N2O2. The van der Waals surface area contributed by atoms with E-state index in [9.17, 15) is 5.11 Å². The van der Waals surface area contributed by atoms with Crippen molar-refractivity contribution in [3.05, 3.63) is 89.0 Å². The van der Waals surface area contributed by atoms with E-state index in [1.807, 2.05) is 12.1 Å². The maximum atomic E-state index is 9.82. The van der Waals surface area contributed by atoms with Gasteiger partial charge in [-0.25, -0.2) is 0 Å². The van der Waals surface area contributed by atoms with Gasteiger partial charge in [-0.15, -0.1) is 0 Å². The first-order valence-corrected chi connectivity index (χ1v) is 12.3. The van der Waals surface area contributed by atoms with Gasteiger partial charge in [-0.05, 0) is 96.5 Å². The number of allylic oxidation sites excluding steroid dienone is 1. The number of aromatic hydroxyl groups is 1. The fraction of sp³-hybridized carbons (Fsp3) is 0.333. The van der Waals surface area contributed by atoms with Gasteiger partial charge in [-0.2, -0.15) is 0 Å². The Bertz CT molecular complexity index is 1170. The molecule has 1 aliphatic carbocycles. The number of aryl methyl sites for hydroxylation is 1. The fourth-order valence-electron chi connectivity index (χ4n) is 5.31. The molecule has 0 atom stereocenters. The van der Waals surface area contributed by atoms with Gasteiger partial charge in [0.25, 0.3) is 0 Å². The first-order valence-electron chi connectivity index (χ1n) is 12.3. The molecule has 1 saturated heterocycles. The maximum Gasteiger partial charge on any atom is 0.119 e. The highest BCUT2D eigenvalue weighted by atomic mass is 16.5. The molecule has 1 heterocycles. The first-order chi connectivity index (χ1) is 16.5. The second kappa shape index (κ2) is 9.55. The number of fused-ring (bicyclic) bond motifs is 1. The Morgan fingerprint density at radius 3 is 2.12 bits per heavy atom. The number of hydrogen-bond acceptors (Lipinski definition) is 4. The second-order valence-electron chi connectivity index (χ2n) is 9.59. The molecule has 1 aliphatic heterocycles. The Morgan fingerprint density at radius 1 is 0.794 bits per heavy atom. The molecule has 34 heavy (non-hydrogen) atoms. The van der Waals surface area contributed by atoms with E-state index >= 15 is 0 Å². The Hall–Kier alpha value is -3.24. The van der Waals surface area contributed by atoms with Crippen LogP contribution in [0.5, 0.6) is 11.5 Å². The molecule has 0 saturated carbocycles. The van der Waals surface area contributed by atoms with Gasteiger partial charge in [0.15, 0.2) is 0 Å². The van der Waals surface area contributed by atoms with Gasteiger partial charge in [0.05, 0.1) is 7.11 Å². The fourth-order valence-corrected chi connectivity index (χ4v) is 5.31. The molecule has 1 N–H and O–H groups in total. The highest BCUT2D eigenvalue weighted by Gasteiger charge is 2.23. The van der Waals surface area contributed by atoms with Crippen molar-refractivity contribution >= 4 is 16.8 Å². The van der Waals surface area contributed by atoms with E-state index in [-0.39, 0.29) is 0 Å². The number of piperazine rings is 1. The number of rotatable bonds is 5. The van der Waals surface area contributed by atoms with Crippen LogP contribution in [0.4, 0.5) is 5.69 Å². The van der Waals surface area contributed by atoms with Gasteiger partial charge < -0.3 is 14.7 Å². The van der Waals surface area contributed by atoms with Gasteiger partial charge in [-0.1, -0.05) is 30.3 Å². The van der Waals surface area contributed by atoms with Crippen LogP contribution in [-0.2, 0) is 6.42 Å². The summed E-state index contributed by atoms with van der Waals surface area (Å²) in [5.41, 5.74) is 8.91. The number of phenolic OH excluding ortho intramolecular Hbond substituents is 1. The van der Waals surface area contributed by atoms with Crippen molar-refractivity contribution in [1.29, 1.82) is 0 Å². The van der Waals surface area contributed by atoms with Crippen LogP contribution in [-0.4, -0.2) is 49.3 Å². The summed E-state index contributed by atoms with van der Waals surface area (Å²) in [6, 6.07) is 23.8. The van der Waals surface area contributed by atoms with E-state index in [1.165, 1.54) is 39.1 Å². The topological polar surface area (TPSA) is 35.9 Å². The number of anilines is 1. The van der Waals surface area contributed by atoms with Gasteiger partial charge in [-0.3, -0.25) is 4.90 Å². The number of methoxy groups -OCH3 is 1. The molecule has 2 aliphatic rings. The molecule has 0 spiro atoms. The summed E-state index contributed by atoms with van der Waals surface area (Å²) < 4.78 is 5.50. The molecule has 0 amide bonds. The molecule has 0 radical (unpaired) electrons. The molecule has 0 unspecified atom stereocenters. The average molecular weight is 455 g/mol. The van der Waals surface area contributed by atoms with E-state index in [4.69, 9.17) is 4.74 Å². The van der Waals surface area contributed by atoms with Crippen molar-refractivity contribution in [3.63, 3.8) is 0 Å². The van der Waals surface area contributed by atoms with Crippen molar-refractivity contribution in [2.75, 3.05) is 38.2 Å². The quantitative estimate of drug-likeness (QED) is 0.526. The summed E-state index contributed by atoms with van der Waals surface area (Å²) in [6.45, 7) is 8.93. The van der Waals surface area contributed by atoms with Crippen LogP contribution in [0.2, 0.25) is 0 Å². The normalized spacial score (nSPS) is 16.6. The Labute approximate surface area is 203 Å². The van der Waals surface area contributed by atoms with Crippen LogP contribution in [0.3, 0.4) is 0 Å². The minimum absolute atomic E-state index is 0.300. The third-order valence-corrected chi connectivity index (χ3v) is 7.31. The molecule has 3 aromatic carbocycles. The summed E-state index contributed by atoms with van der Waals surface area (Å²) >= 11 is 0. The number of nitrogens with zero attached hydrogens (tertiary/aromatic N) is 2. The van der Waals surface area contributed by atoms with Crippen molar-refractivity contribution in [1.82, 2.24) is 4.90 Å². The standard InChI is InChI=1S/C30H34N2O2/c1-21(2)31-16-18-32(19-17-31)25-9-4-23(5-10-25)30-28(22-6-11-26(33)12-7-22)14-8-24-20-27(34-3)13-15-29(24)30/h4-7,9-13,15,20-21,33H,8,14,16-19H2,1-3H3. The number of ether oxygens (including phenoxy) is 1. The van der Waals surface area contributed by atoms with Crippen LogP contribution in [0.1, 0.15) is 42.5 Å². The molecule has 0 aromatic heterocycles. The van der Waals surface area contributed by atoms with Crippen molar-refractivity contribution < 1.29 is 9.84 Å². The summed E-state index contributed by atoms with van der Waals surface area (Å²) in [7, 11) is 1.73. The predicted octanol–water partition coefficient (Wildman–Crippen LogP) is 5.84. The van der Waals surface area contributed by atoms with Crippen LogP contribution >= 0.6 is 0 Å². The first kappa shape index (κ1) is 22.5. The maximum absolute atomic E-state index is 9.82.